The third kappa shape index (κ3) is 3.27. The van der Waals surface area contributed by atoms with E-state index in [0.717, 1.165) is 12.2 Å². The zero-order valence-electron chi connectivity index (χ0n) is 12.9. The molecule has 0 spiro atoms. The van der Waals surface area contributed by atoms with Crippen molar-refractivity contribution in [3.63, 3.8) is 0 Å². The van der Waals surface area contributed by atoms with Gasteiger partial charge in [0.15, 0.2) is 0 Å². The summed E-state index contributed by atoms with van der Waals surface area (Å²) in [6.45, 7) is 5.79. The fourth-order valence-corrected chi connectivity index (χ4v) is 2.56. The summed E-state index contributed by atoms with van der Waals surface area (Å²) in [6.07, 6.45) is 4.63. The monoisotopic (exact) mass is 284 g/mol. The van der Waals surface area contributed by atoms with E-state index in [9.17, 15) is 0 Å². The second-order valence-corrected chi connectivity index (χ2v) is 6.11. The molecule has 1 aromatic heterocycles. The molecule has 0 unspecified atom stereocenters. The smallest absolute Gasteiger partial charge is 0.0817 e. The quantitative estimate of drug-likeness (QED) is 0.886. The molecular formula is C17H24N4. The number of aromatic nitrogens is 2. The summed E-state index contributed by atoms with van der Waals surface area (Å²) in [7, 11) is 0. The maximum absolute atomic E-state index is 5.68. The predicted molar refractivity (Wildman–Crippen MR) is 86.2 cm³/mol. The second-order valence-electron chi connectivity index (χ2n) is 6.11. The minimum Gasteiger partial charge on any atom is -0.363 e. The van der Waals surface area contributed by atoms with E-state index >= 15 is 0 Å². The van der Waals surface area contributed by atoms with Gasteiger partial charge in [-0.25, -0.2) is 0 Å². The number of nitrogens with two attached hydrogens (primary N) is 1. The van der Waals surface area contributed by atoms with Crippen molar-refractivity contribution in [1.82, 2.24) is 9.78 Å². The molecule has 4 heteroatoms. The van der Waals surface area contributed by atoms with Gasteiger partial charge in [0.05, 0.1) is 12.2 Å². The summed E-state index contributed by atoms with van der Waals surface area (Å²) in [6, 6.07) is 11.8. The number of anilines is 1. The molecule has 1 aliphatic rings. The average molecular weight is 284 g/mol. The van der Waals surface area contributed by atoms with Crippen molar-refractivity contribution in [2.75, 3.05) is 4.90 Å². The van der Waals surface area contributed by atoms with E-state index in [0.29, 0.717) is 18.6 Å². The van der Waals surface area contributed by atoms with Crippen molar-refractivity contribution in [3.05, 3.63) is 47.8 Å². The van der Waals surface area contributed by atoms with E-state index in [4.69, 9.17) is 5.73 Å². The largest absolute Gasteiger partial charge is 0.363 e. The molecule has 0 saturated heterocycles. The Morgan fingerprint density at radius 1 is 1.24 bits per heavy atom. The van der Waals surface area contributed by atoms with Gasteiger partial charge in [0, 0.05) is 30.5 Å². The van der Waals surface area contributed by atoms with Gasteiger partial charge in [-0.05, 0) is 50.5 Å². The summed E-state index contributed by atoms with van der Waals surface area (Å²) >= 11 is 0. The van der Waals surface area contributed by atoms with Gasteiger partial charge in [0.2, 0.25) is 0 Å². The molecule has 3 rings (SSSR count). The Labute approximate surface area is 126 Å². The Morgan fingerprint density at radius 3 is 2.48 bits per heavy atom. The third-order valence-corrected chi connectivity index (χ3v) is 4.02. The highest BCUT2D eigenvalue weighted by molar-refractivity contribution is 5.50. The first-order valence-corrected chi connectivity index (χ1v) is 7.77. The zero-order valence-corrected chi connectivity index (χ0v) is 12.9. The van der Waals surface area contributed by atoms with Crippen molar-refractivity contribution in [3.8, 4) is 0 Å². The van der Waals surface area contributed by atoms with E-state index in [1.807, 2.05) is 4.68 Å². The Hall–Kier alpha value is -1.81. The molecule has 0 aliphatic heterocycles. The van der Waals surface area contributed by atoms with E-state index in [2.05, 4.69) is 60.4 Å². The first-order valence-electron chi connectivity index (χ1n) is 7.77. The Kier molecular flexibility index (Phi) is 3.97. The molecule has 0 radical (unpaired) electrons. The van der Waals surface area contributed by atoms with E-state index in [-0.39, 0.29) is 0 Å². The van der Waals surface area contributed by atoms with Crippen molar-refractivity contribution in [1.29, 1.82) is 0 Å². The summed E-state index contributed by atoms with van der Waals surface area (Å²) in [4.78, 5) is 2.47. The summed E-state index contributed by atoms with van der Waals surface area (Å²) in [5.74, 6) is 0. The van der Waals surface area contributed by atoms with E-state index in [1.54, 1.807) is 0 Å². The lowest BCUT2D eigenvalue weighted by atomic mass is 10.2. The molecule has 1 fully saturated rings. The fourth-order valence-electron chi connectivity index (χ4n) is 2.56. The lowest BCUT2D eigenvalue weighted by Crippen LogP contribution is -2.25. The maximum atomic E-state index is 5.68. The van der Waals surface area contributed by atoms with E-state index in [1.165, 1.54) is 24.1 Å². The highest BCUT2D eigenvalue weighted by Crippen LogP contribution is 2.33. The average Bonchev–Trinajstić information content (AvgIpc) is 3.23. The minimum absolute atomic E-state index is 0.414. The normalized spacial score (nSPS) is 14.7. The van der Waals surface area contributed by atoms with Crippen LogP contribution in [0.5, 0.6) is 0 Å². The van der Waals surface area contributed by atoms with Crippen LogP contribution in [0.3, 0.4) is 0 Å². The second kappa shape index (κ2) is 5.90. The van der Waals surface area contributed by atoms with Gasteiger partial charge in [-0.2, -0.15) is 5.10 Å². The van der Waals surface area contributed by atoms with Gasteiger partial charge in [-0.3, -0.25) is 4.68 Å². The van der Waals surface area contributed by atoms with Crippen molar-refractivity contribution in [2.24, 2.45) is 5.73 Å². The number of hydrogen-bond donors (Lipinski definition) is 1. The van der Waals surface area contributed by atoms with E-state index < -0.39 is 0 Å². The highest BCUT2D eigenvalue weighted by Gasteiger charge is 2.29. The molecule has 1 aromatic carbocycles. The Balaban J connectivity index is 1.77. The molecule has 4 nitrogen and oxygen atoms in total. The van der Waals surface area contributed by atoms with Crippen LogP contribution in [0.2, 0.25) is 0 Å². The SMILES string of the molecule is CC(C)n1ccc(CN(c2ccc(CN)cc2)C2CC2)n1. The maximum Gasteiger partial charge on any atom is 0.0817 e. The van der Waals surface area contributed by atoms with Crippen LogP contribution in [0.15, 0.2) is 36.5 Å². The summed E-state index contributed by atoms with van der Waals surface area (Å²) in [5, 5.41) is 4.67. The molecule has 0 atom stereocenters. The summed E-state index contributed by atoms with van der Waals surface area (Å²) in [5.41, 5.74) is 9.27. The van der Waals surface area contributed by atoms with Crippen LogP contribution in [-0.4, -0.2) is 15.8 Å². The van der Waals surface area contributed by atoms with Crippen LogP contribution in [-0.2, 0) is 13.1 Å². The van der Waals surface area contributed by atoms with Crippen LogP contribution in [0.1, 0.15) is 44.0 Å². The number of benzene rings is 1. The fraction of sp³-hybridized carbons (Fsp3) is 0.471. The van der Waals surface area contributed by atoms with Gasteiger partial charge in [-0.15, -0.1) is 0 Å². The molecule has 0 amide bonds. The van der Waals surface area contributed by atoms with Gasteiger partial charge in [0.25, 0.3) is 0 Å². The third-order valence-electron chi connectivity index (χ3n) is 4.02. The standard InChI is InChI=1S/C17H24N4/c1-13(2)21-10-9-15(19-21)12-20(17-7-8-17)16-5-3-14(11-18)4-6-16/h3-6,9-10,13,17H,7-8,11-12,18H2,1-2H3. The van der Waals surface area contributed by atoms with Crippen LogP contribution >= 0.6 is 0 Å². The van der Waals surface area contributed by atoms with Crippen LogP contribution in [0.4, 0.5) is 5.69 Å². The van der Waals surface area contributed by atoms with Crippen LogP contribution in [0.25, 0.3) is 0 Å². The number of hydrogen-bond acceptors (Lipinski definition) is 3. The first-order chi connectivity index (χ1) is 10.2. The molecule has 1 aliphatic carbocycles. The molecule has 1 saturated carbocycles. The van der Waals surface area contributed by atoms with Crippen molar-refractivity contribution in [2.45, 2.75) is 51.9 Å². The molecule has 0 bridgehead atoms. The van der Waals surface area contributed by atoms with Gasteiger partial charge in [-0.1, -0.05) is 12.1 Å². The summed E-state index contributed by atoms with van der Waals surface area (Å²) < 4.78 is 2.03. The Bertz CT molecular complexity index is 581. The van der Waals surface area contributed by atoms with Crippen molar-refractivity contribution < 1.29 is 0 Å². The Morgan fingerprint density at radius 2 is 1.95 bits per heavy atom. The van der Waals surface area contributed by atoms with Crippen LogP contribution in [0, 0.1) is 0 Å². The molecule has 112 valence electrons. The molecular weight excluding hydrogens is 260 g/mol. The van der Waals surface area contributed by atoms with Crippen LogP contribution < -0.4 is 10.6 Å². The molecule has 2 aromatic rings. The molecule has 2 N–H and O–H groups in total. The predicted octanol–water partition coefficient (Wildman–Crippen LogP) is 3.09. The molecule has 21 heavy (non-hydrogen) atoms. The number of rotatable bonds is 6. The van der Waals surface area contributed by atoms with Gasteiger partial charge in [0.1, 0.15) is 0 Å². The van der Waals surface area contributed by atoms with Gasteiger partial charge >= 0.3 is 0 Å². The lowest BCUT2D eigenvalue weighted by Gasteiger charge is -2.24. The van der Waals surface area contributed by atoms with Crippen molar-refractivity contribution >= 4 is 5.69 Å². The number of nitrogens with zero attached hydrogens (tertiary/aromatic N) is 3. The van der Waals surface area contributed by atoms with Gasteiger partial charge < -0.3 is 10.6 Å². The lowest BCUT2D eigenvalue weighted by molar-refractivity contribution is 0.525. The zero-order chi connectivity index (χ0) is 14.8. The minimum atomic E-state index is 0.414. The first kappa shape index (κ1) is 14.1. The topological polar surface area (TPSA) is 47.1 Å². The highest BCUT2D eigenvalue weighted by atomic mass is 15.3. The molecule has 1 heterocycles.